The van der Waals surface area contributed by atoms with Crippen molar-refractivity contribution in [2.24, 2.45) is 0 Å². The van der Waals surface area contributed by atoms with Gasteiger partial charge in [-0.15, -0.1) is 0 Å². The predicted molar refractivity (Wildman–Crippen MR) is 75.6 cm³/mol. The topological polar surface area (TPSA) is 50.4 Å². The molecule has 1 unspecified atom stereocenters. The molecule has 1 aromatic heterocycles. The molecule has 1 aromatic rings. The van der Waals surface area contributed by atoms with Crippen LogP contribution in [0.3, 0.4) is 0 Å². The maximum Gasteiger partial charge on any atom is 0.252 e. The molecule has 2 aliphatic heterocycles. The first-order valence-electron chi connectivity index (χ1n) is 6.96. The van der Waals surface area contributed by atoms with E-state index in [1.54, 1.807) is 11.3 Å². The number of rotatable bonds is 3. The molecule has 4 nitrogen and oxygen atoms in total. The average Bonchev–Trinajstić information content (AvgIpc) is 3.08. The van der Waals surface area contributed by atoms with Crippen molar-refractivity contribution >= 4 is 17.2 Å². The summed E-state index contributed by atoms with van der Waals surface area (Å²) in [4.78, 5) is 11.9. The van der Waals surface area contributed by atoms with E-state index in [-0.39, 0.29) is 17.6 Å². The van der Waals surface area contributed by atoms with Crippen LogP contribution in [0.4, 0.5) is 0 Å². The quantitative estimate of drug-likeness (QED) is 0.887. The molecule has 3 rings (SSSR count). The van der Waals surface area contributed by atoms with Gasteiger partial charge >= 0.3 is 0 Å². The number of ether oxygens (including phenoxy) is 1. The van der Waals surface area contributed by atoms with Crippen molar-refractivity contribution < 1.29 is 9.53 Å². The highest BCUT2D eigenvalue weighted by atomic mass is 32.1. The highest BCUT2D eigenvalue weighted by molar-refractivity contribution is 7.08. The van der Waals surface area contributed by atoms with E-state index in [4.69, 9.17) is 4.74 Å². The Morgan fingerprint density at radius 2 is 2.32 bits per heavy atom. The average molecular weight is 280 g/mol. The van der Waals surface area contributed by atoms with Crippen molar-refractivity contribution in [1.29, 1.82) is 0 Å². The van der Waals surface area contributed by atoms with Gasteiger partial charge in [0, 0.05) is 17.5 Å². The minimum Gasteiger partial charge on any atom is -0.370 e. The second-order valence-electron chi connectivity index (χ2n) is 5.43. The minimum atomic E-state index is 0.0103. The number of amides is 1. The van der Waals surface area contributed by atoms with Crippen molar-refractivity contribution in [3.05, 3.63) is 22.4 Å². The molecule has 1 atom stereocenters. The van der Waals surface area contributed by atoms with E-state index in [0.717, 1.165) is 44.3 Å². The van der Waals surface area contributed by atoms with E-state index in [9.17, 15) is 4.79 Å². The summed E-state index contributed by atoms with van der Waals surface area (Å²) in [5, 5.41) is 10.1. The number of carbonyl (C=O) groups is 1. The molecule has 0 bridgehead atoms. The van der Waals surface area contributed by atoms with Crippen molar-refractivity contribution in [3.8, 4) is 0 Å². The highest BCUT2D eigenvalue weighted by Crippen LogP contribution is 2.36. The van der Waals surface area contributed by atoms with Crippen LogP contribution in [0.25, 0.3) is 0 Å². The van der Waals surface area contributed by atoms with Crippen molar-refractivity contribution in [1.82, 2.24) is 10.6 Å². The van der Waals surface area contributed by atoms with Crippen LogP contribution in [-0.2, 0) is 4.74 Å². The molecule has 0 aliphatic carbocycles. The van der Waals surface area contributed by atoms with Gasteiger partial charge in [-0.25, -0.2) is 0 Å². The molecule has 104 valence electrons. The SMILES string of the molecule is O=C(NCC1CCC2(CCNCC2)O1)c1ccsc1. The third kappa shape index (κ3) is 2.99. The van der Waals surface area contributed by atoms with Crippen LogP contribution in [0.15, 0.2) is 16.8 Å². The first-order valence-corrected chi connectivity index (χ1v) is 7.91. The maximum absolute atomic E-state index is 11.9. The Kier molecular flexibility index (Phi) is 3.86. The number of carbonyl (C=O) groups excluding carboxylic acids is 1. The summed E-state index contributed by atoms with van der Waals surface area (Å²) in [7, 11) is 0. The molecule has 3 heterocycles. The Labute approximate surface area is 117 Å². The monoisotopic (exact) mass is 280 g/mol. The summed E-state index contributed by atoms with van der Waals surface area (Å²) in [6, 6.07) is 1.85. The fourth-order valence-electron chi connectivity index (χ4n) is 2.99. The first kappa shape index (κ1) is 13.1. The normalized spacial score (nSPS) is 25.6. The molecule has 1 amide bonds. The third-order valence-corrected chi connectivity index (χ3v) is 4.81. The molecule has 0 aromatic carbocycles. The number of hydrogen-bond acceptors (Lipinski definition) is 4. The van der Waals surface area contributed by atoms with Gasteiger partial charge in [-0.05, 0) is 50.2 Å². The Morgan fingerprint density at radius 1 is 1.47 bits per heavy atom. The summed E-state index contributed by atoms with van der Waals surface area (Å²) in [5.41, 5.74) is 0.836. The Balaban J connectivity index is 1.48. The van der Waals surface area contributed by atoms with Crippen LogP contribution in [0.5, 0.6) is 0 Å². The molecule has 2 N–H and O–H groups in total. The fraction of sp³-hybridized carbons (Fsp3) is 0.643. The van der Waals surface area contributed by atoms with E-state index < -0.39 is 0 Å². The second kappa shape index (κ2) is 5.61. The van der Waals surface area contributed by atoms with Gasteiger partial charge in [-0.3, -0.25) is 4.79 Å². The minimum absolute atomic E-state index is 0.0103. The van der Waals surface area contributed by atoms with Crippen molar-refractivity contribution in [2.45, 2.75) is 37.4 Å². The zero-order valence-electron chi connectivity index (χ0n) is 11.0. The molecular weight excluding hydrogens is 260 g/mol. The number of hydrogen-bond donors (Lipinski definition) is 2. The molecule has 0 radical (unpaired) electrons. The van der Waals surface area contributed by atoms with Crippen molar-refractivity contribution in [3.63, 3.8) is 0 Å². The van der Waals surface area contributed by atoms with Gasteiger partial charge in [0.1, 0.15) is 0 Å². The molecular formula is C14H20N2O2S. The lowest BCUT2D eigenvalue weighted by Crippen LogP contribution is -2.43. The summed E-state index contributed by atoms with van der Waals surface area (Å²) in [6.07, 6.45) is 4.57. The Bertz CT molecular complexity index is 427. The van der Waals surface area contributed by atoms with E-state index >= 15 is 0 Å². The van der Waals surface area contributed by atoms with Crippen LogP contribution >= 0.6 is 11.3 Å². The molecule has 19 heavy (non-hydrogen) atoms. The number of thiophene rings is 1. The largest absolute Gasteiger partial charge is 0.370 e. The standard InChI is InChI=1S/C14H20N2O2S/c17-13(11-2-8-19-10-11)16-9-12-1-3-14(18-12)4-6-15-7-5-14/h2,8,10,12,15H,1,3-7,9H2,(H,16,17). The molecule has 2 fully saturated rings. The molecule has 5 heteroatoms. The van der Waals surface area contributed by atoms with Gasteiger partial charge in [-0.1, -0.05) is 0 Å². The first-order chi connectivity index (χ1) is 9.27. The fourth-order valence-corrected chi connectivity index (χ4v) is 3.63. The lowest BCUT2D eigenvalue weighted by atomic mass is 9.89. The second-order valence-corrected chi connectivity index (χ2v) is 6.21. The van der Waals surface area contributed by atoms with Gasteiger partial charge in [0.15, 0.2) is 0 Å². The number of piperidine rings is 1. The van der Waals surface area contributed by atoms with Gasteiger partial charge in [0.05, 0.1) is 11.7 Å². The van der Waals surface area contributed by atoms with Crippen LogP contribution < -0.4 is 10.6 Å². The van der Waals surface area contributed by atoms with Gasteiger partial charge < -0.3 is 15.4 Å². The summed E-state index contributed by atoms with van der Waals surface area (Å²) >= 11 is 1.54. The van der Waals surface area contributed by atoms with E-state index in [2.05, 4.69) is 10.6 Å². The van der Waals surface area contributed by atoms with E-state index in [1.165, 1.54) is 0 Å². The van der Waals surface area contributed by atoms with Crippen molar-refractivity contribution in [2.75, 3.05) is 19.6 Å². The molecule has 2 saturated heterocycles. The Hall–Kier alpha value is -0.910. The van der Waals surface area contributed by atoms with Crippen LogP contribution in [0, 0.1) is 0 Å². The molecule has 2 aliphatic rings. The van der Waals surface area contributed by atoms with Crippen LogP contribution in [0.2, 0.25) is 0 Å². The Morgan fingerprint density at radius 3 is 3.05 bits per heavy atom. The third-order valence-electron chi connectivity index (χ3n) is 4.13. The lowest BCUT2D eigenvalue weighted by molar-refractivity contribution is -0.0576. The van der Waals surface area contributed by atoms with Crippen LogP contribution in [-0.4, -0.2) is 37.2 Å². The zero-order chi connectivity index (χ0) is 13.1. The summed E-state index contributed by atoms with van der Waals surface area (Å²) in [5.74, 6) is 0.0103. The summed E-state index contributed by atoms with van der Waals surface area (Å²) < 4.78 is 6.21. The van der Waals surface area contributed by atoms with E-state index in [1.807, 2.05) is 16.8 Å². The van der Waals surface area contributed by atoms with E-state index in [0.29, 0.717) is 6.54 Å². The maximum atomic E-state index is 11.9. The predicted octanol–water partition coefficient (Wildman–Crippen LogP) is 1.78. The zero-order valence-corrected chi connectivity index (χ0v) is 11.8. The number of nitrogens with one attached hydrogen (secondary N) is 2. The smallest absolute Gasteiger partial charge is 0.252 e. The van der Waals surface area contributed by atoms with Crippen LogP contribution in [0.1, 0.15) is 36.0 Å². The van der Waals surface area contributed by atoms with Gasteiger partial charge in [-0.2, -0.15) is 11.3 Å². The lowest BCUT2D eigenvalue weighted by Gasteiger charge is -2.33. The van der Waals surface area contributed by atoms with Gasteiger partial charge in [0.2, 0.25) is 0 Å². The molecule has 0 saturated carbocycles. The van der Waals surface area contributed by atoms with Gasteiger partial charge in [0.25, 0.3) is 5.91 Å². The highest BCUT2D eigenvalue weighted by Gasteiger charge is 2.40. The summed E-state index contributed by atoms with van der Waals surface area (Å²) in [6.45, 7) is 2.73. The molecule has 1 spiro atoms.